The Balaban J connectivity index is 1.80. The largest absolute Gasteiger partial charge is 0.206 e. The van der Waals surface area contributed by atoms with Gasteiger partial charge >= 0.3 is 0 Å². The molecule has 1 nitrogen and oxygen atoms in total. The molecule has 3 rings (SSSR count). The summed E-state index contributed by atoms with van der Waals surface area (Å²) in [5.74, 6) is 2.24. The van der Waals surface area contributed by atoms with Crippen molar-refractivity contribution in [2.24, 2.45) is 0 Å². The fourth-order valence-electron chi connectivity index (χ4n) is 3.22. The van der Waals surface area contributed by atoms with Crippen LogP contribution in [0.1, 0.15) is 42.9 Å². The van der Waals surface area contributed by atoms with E-state index in [0.29, 0.717) is 40.4 Å². The number of thioether (sulfide) groups is 1. The number of benzene rings is 3. The van der Waals surface area contributed by atoms with Gasteiger partial charge in [0.05, 0.1) is 10.5 Å². The summed E-state index contributed by atoms with van der Waals surface area (Å²) in [6.07, 6.45) is 3.53. The number of hydrogen-bond acceptors (Lipinski definition) is 2. The number of rotatable bonds is 6. The summed E-state index contributed by atoms with van der Waals surface area (Å²) in [6.45, 7) is 2.06. The van der Waals surface area contributed by atoms with Crippen molar-refractivity contribution in [2.75, 3.05) is 0 Å². The minimum atomic E-state index is -0.820. The minimum Gasteiger partial charge on any atom is -0.206 e. The molecule has 0 aliphatic carbocycles. The fraction of sp³-hybridized carbons (Fsp3) is 0.192. The predicted molar refractivity (Wildman–Crippen MR) is 119 cm³/mol. The lowest BCUT2D eigenvalue weighted by Crippen LogP contribution is -1.95. The zero-order valence-corrected chi connectivity index (χ0v) is 18.1. The van der Waals surface area contributed by atoms with Crippen molar-refractivity contribution in [3.8, 4) is 28.4 Å². The van der Waals surface area contributed by atoms with Gasteiger partial charge in [0.2, 0.25) is 0 Å². The van der Waals surface area contributed by atoms with Gasteiger partial charge in [-0.25, -0.2) is 17.6 Å². The zero-order chi connectivity index (χ0) is 23.1. The van der Waals surface area contributed by atoms with Crippen molar-refractivity contribution < 1.29 is 17.6 Å². The van der Waals surface area contributed by atoms with E-state index in [0.717, 1.165) is 31.4 Å². The molecule has 0 unspecified atom stereocenters. The first-order valence-corrected chi connectivity index (χ1v) is 10.9. The quantitative estimate of drug-likeness (QED) is 0.126. The molecule has 0 aliphatic rings. The molecule has 0 saturated heterocycles. The molecule has 0 radical (unpaired) electrons. The molecule has 3 aromatic rings. The van der Waals surface area contributed by atoms with Crippen molar-refractivity contribution >= 4 is 11.8 Å². The third-order valence-electron chi connectivity index (χ3n) is 4.87. The van der Waals surface area contributed by atoms with E-state index in [1.165, 1.54) is 12.1 Å². The van der Waals surface area contributed by atoms with Crippen LogP contribution in [0.5, 0.6) is 0 Å². The Bertz CT molecular complexity index is 1170. The third kappa shape index (κ3) is 5.72. The van der Waals surface area contributed by atoms with Crippen LogP contribution in [0.15, 0.2) is 53.4 Å². The first-order valence-electron chi connectivity index (χ1n) is 10.1. The maximum atomic E-state index is 14.3. The second-order valence-electron chi connectivity index (χ2n) is 7.18. The average Bonchev–Trinajstić information content (AvgIpc) is 2.76. The third-order valence-corrected chi connectivity index (χ3v) is 5.55. The standard InChI is InChI=1S/C26H19F4NS/c1-2-3-4-5-18-12-22(27)21(23(28)13-18)11-8-17-6-9-19(10-7-17)20-14-24(29)26(32-16-31)25(30)15-20/h6-7,9-10,12-15H,2-5H2,1H3. The molecule has 0 amide bonds. The van der Waals surface area contributed by atoms with Crippen LogP contribution in [0.3, 0.4) is 0 Å². The zero-order valence-electron chi connectivity index (χ0n) is 17.3. The molecule has 0 N–H and O–H groups in total. The van der Waals surface area contributed by atoms with E-state index in [9.17, 15) is 17.6 Å². The summed E-state index contributed by atoms with van der Waals surface area (Å²) in [6, 6.07) is 11.4. The Morgan fingerprint density at radius 2 is 1.41 bits per heavy atom. The number of unbranched alkanes of at least 4 members (excludes halogenated alkanes) is 2. The van der Waals surface area contributed by atoms with E-state index in [4.69, 9.17) is 5.26 Å². The SMILES string of the molecule is CCCCCc1cc(F)c(C#Cc2ccc(-c3cc(F)c(SC#N)c(F)c3)cc2)c(F)c1. The van der Waals surface area contributed by atoms with Crippen LogP contribution in [0.4, 0.5) is 17.6 Å². The van der Waals surface area contributed by atoms with Crippen molar-refractivity contribution in [1.82, 2.24) is 0 Å². The molecule has 32 heavy (non-hydrogen) atoms. The molecule has 0 aliphatic heterocycles. The molecule has 0 spiro atoms. The highest BCUT2D eigenvalue weighted by molar-refractivity contribution is 8.03. The minimum absolute atomic E-state index is 0.289. The monoisotopic (exact) mass is 453 g/mol. The molecule has 0 atom stereocenters. The Labute approximate surface area is 189 Å². The van der Waals surface area contributed by atoms with Gasteiger partial charge in [-0.3, -0.25) is 0 Å². The molecule has 6 heteroatoms. The Morgan fingerprint density at radius 1 is 0.781 bits per heavy atom. The van der Waals surface area contributed by atoms with E-state index in [1.807, 2.05) is 0 Å². The topological polar surface area (TPSA) is 23.8 Å². The molecule has 0 heterocycles. The van der Waals surface area contributed by atoms with Gasteiger partial charge in [0.25, 0.3) is 0 Å². The van der Waals surface area contributed by atoms with Crippen molar-refractivity contribution in [3.05, 3.63) is 88.5 Å². The van der Waals surface area contributed by atoms with Gasteiger partial charge < -0.3 is 0 Å². The number of halogens is 4. The Morgan fingerprint density at radius 3 is 1.97 bits per heavy atom. The molecule has 162 valence electrons. The van der Waals surface area contributed by atoms with Crippen LogP contribution < -0.4 is 0 Å². The lowest BCUT2D eigenvalue weighted by molar-refractivity contribution is 0.542. The number of thiocyanates is 1. The highest BCUT2D eigenvalue weighted by Gasteiger charge is 2.13. The molecular weight excluding hydrogens is 434 g/mol. The van der Waals surface area contributed by atoms with Crippen molar-refractivity contribution in [2.45, 2.75) is 37.5 Å². The first-order chi connectivity index (χ1) is 15.4. The number of aryl methyl sites for hydroxylation is 1. The summed E-state index contributed by atoms with van der Waals surface area (Å²) < 4.78 is 56.8. The molecule has 0 saturated carbocycles. The molecular formula is C26H19F4NS. The summed E-state index contributed by atoms with van der Waals surface area (Å²) >= 11 is 0.423. The van der Waals surface area contributed by atoms with Gasteiger partial charge in [-0.2, -0.15) is 5.26 Å². The maximum absolute atomic E-state index is 14.3. The van der Waals surface area contributed by atoms with Gasteiger partial charge in [0.1, 0.15) is 28.7 Å². The van der Waals surface area contributed by atoms with E-state index in [-0.39, 0.29) is 10.5 Å². The number of hydrogen-bond donors (Lipinski definition) is 0. The van der Waals surface area contributed by atoms with Gasteiger partial charge in [0, 0.05) is 5.56 Å². The first kappa shape index (κ1) is 23.4. The highest BCUT2D eigenvalue weighted by Crippen LogP contribution is 2.30. The van der Waals surface area contributed by atoms with Gasteiger partial charge in [-0.15, -0.1) is 0 Å². The maximum Gasteiger partial charge on any atom is 0.142 e. The Kier molecular flexibility index (Phi) is 7.98. The highest BCUT2D eigenvalue weighted by atomic mass is 32.2. The molecule has 0 fully saturated rings. The van der Waals surface area contributed by atoms with Gasteiger partial charge in [-0.05, 0) is 77.7 Å². The predicted octanol–water partition coefficient (Wildman–Crippen LogP) is 7.62. The molecule has 0 bridgehead atoms. The van der Waals surface area contributed by atoms with E-state index in [1.54, 1.807) is 29.7 Å². The second kappa shape index (κ2) is 10.9. The van der Waals surface area contributed by atoms with E-state index < -0.39 is 23.3 Å². The summed E-state index contributed by atoms with van der Waals surface area (Å²) in [7, 11) is 0. The van der Waals surface area contributed by atoms with Crippen molar-refractivity contribution in [1.29, 1.82) is 5.26 Å². The van der Waals surface area contributed by atoms with Gasteiger partial charge in [-0.1, -0.05) is 43.7 Å². The smallest absolute Gasteiger partial charge is 0.142 e. The fourth-order valence-corrected chi connectivity index (χ4v) is 3.62. The molecule has 3 aromatic carbocycles. The van der Waals surface area contributed by atoms with Crippen molar-refractivity contribution in [3.63, 3.8) is 0 Å². The van der Waals surface area contributed by atoms with E-state index >= 15 is 0 Å². The van der Waals surface area contributed by atoms with E-state index in [2.05, 4.69) is 18.8 Å². The van der Waals surface area contributed by atoms with Crippen LogP contribution in [-0.4, -0.2) is 0 Å². The summed E-state index contributed by atoms with van der Waals surface area (Å²) in [5, 5.41) is 10.3. The second-order valence-corrected chi connectivity index (χ2v) is 7.98. The summed E-state index contributed by atoms with van der Waals surface area (Å²) in [5.41, 5.74) is 1.66. The lowest BCUT2D eigenvalue weighted by Gasteiger charge is -2.06. The van der Waals surface area contributed by atoms with Crippen LogP contribution in [0, 0.1) is 45.8 Å². The normalized spacial score (nSPS) is 10.4. The van der Waals surface area contributed by atoms with Crippen LogP contribution >= 0.6 is 11.8 Å². The molecule has 0 aromatic heterocycles. The number of nitrogens with zero attached hydrogens (tertiary/aromatic N) is 1. The van der Waals surface area contributed by atoms with Crippen LogP contribution in [0.25, 0.3) is 11.1 Å². The Hall–Kier alpha value is -3.22. The average molecular weight is 454 g/mol. The lowest BCUT2D eigenvalue weighted by atomic mass is 10.0. The van der Waals surface area contributed by atoms with Crippen LogP contribution in [-0.2, 0) is 6.42 Å². The number of nitriles is 1. The summed E-state index contributed by atoms with van der Waals surface area (Å²) in [4.78, 5) is -0.348. The van der Waals surface area contributed by atoms with Gasteiger partial charge in [0.15, 0.2) is 0 Å². The van der Waals surface area contributed by atoms with Crippen LogP contribution in [0.2, 0.25) is 0 Å².